The third kappa shape index (κ3) is 3.59. The highest BCUT2D eigenvalue weighted by atomic mass is 32.1. The molecular weight excluding hydrogens is 294 g/mol. The Morgan fingerprint density at radius 1 is 1.36 bits per heavy atom. The number of rotatable bonds is 4. The minimum absolute atomic E-state index is 0.447. The molecule has 0 amide bonds. The van der Waals surface area contributed by atoms with Crippen LogP contribution in [0.1, 0.15) is 18.9 Å². The molecule has 5 heteroatoms. The Bertz CT molecular complexity index is 516. The molecule has 0 bridgehead atoms. The fourth-order valence-corrected chi connectivity index (χ4v) is 3.78. The molecule has 120 valence electrons. The van der Waals surface area contributed by atoms with Gasteiger partial charge in [0.2, 0.25) is 0 Å². The minimum atomic E-state index is 0.447. The zero-order valence-electron chi connectivity index (χ0n) is 13.3. The van der Waals surface area contributed by atoms with Gasteiger partial charge in [-0.1, -0.05) is 18.2 Å². The monoisotopic (exact) mass is 320 g/mol. The van der Waals surface area contributed by atoms with Crippen LogP contribution in [0.2, 0.25) is 0 Å². The third-order valence-corrected chi connectivity index (χ3v) is 4.95. The van der Waals surface area contributed by atoms with E-state index in [4.69, 9.17) is 17.0 Å². The van der Waals surface area contributed by atoms with Crippen LogP contribution in [0.25, 0.3) is 0 Å². The maximum absolute atomic E-state index is 5.62. The number of para-hydroxylation sites is 1. The topological polar surface area (TPSA) is 28.9 Å². The van der Waals surface area contributed by atoms with Gasteiger partial charge in [-0.25, -0.2) is 0 Å². The smallest absolute Gasteiger partial charge is 0.173 e. The van der Waals surface area contributed by atoms with Crippen molar-refractivity contribution in [3.05, 3.63) is 29.8 Å². The number of morpholine rings is 1. The molecule has 0 unspecified atom stereocenters. The Morgan fingerprint density at radius 2 is 2.14 bits per heavy atom. The molecule has 2 aliphatic heterocycles. The summed E-state index contributed by atoms with van der Waals surface area (Å²) in [4.78, 5) is 3.92. The summed E-state index contributed by atoms with van der Waals surface area (Å²) in [5.74, 6) is 0. The average Bonchev–Trinajstić information content (AvgIpc) is 2.88. The molecule has 1 aromatic carbocycles. The van der Waals surface area contributed by atoms with Crippen LogP contribution in [0.5, 0.6) is 0 Å². The first kappa shape index (κ1) is 15.7. The van der Waals surface area contributed by atoms with Gasteiger partial charge in [-0.2, -0.15) is 0 Å². The standard InChI is InChI=1S/C17H25N3OS/c1-14-13-15-5-2-3-6-16(15)20(14)17(22)18-7-4-8-19-9-11-21-12-10-19/h2-3,5-6,14H,4,7-13H2,1H3,(H,18,22)/p+1/t14-/m1/s1. The molecule has 0 saturated carbocycles. The van der Waals surface area contributed by atoms with E-state index in [1.165, 1.54) is 17.8 Å². The van der Waals surface area contributed by atoms with Gasteiger partial charge in [0.25, 0.3) is 0 Å². The lowest BCUT2D eigenvalue weighted by atomic mass is 10.1. The Kier molecular flexibility index (Phi) is 5.28. The van der Waals surface area contributed by atoms with E-state index in [1.807, 2.05) is 0 Å². The van der Waals surface area contributed by atoms with Gasteiger partial charge in [0.15, 0.2) is 5.11 Å². The highest BCUT2D eigenvalue weighted by Gasteiger charge is 2.28. The summed E-state index contributed by atoms with van der Waals surface area (Å²) >= 11 is 5.62. The first-order valence-electron chi connectivity index (χ1n) is 8.32. The van der Waals surface area contributed by atoms with Gasteiger partial charge in [0, 0.05) is 24.7 Å². The normalized spacial score (nSPS) is 21.7. The first-order chi connectivity index (χ1) is 10.8. The van der Waals surface area contributed by atoms with Crippen molar-refractivity contribution in [2.45, 2.75) is 25.8 Å². The predicted octanol–water partition coefficient (Wildman–Crippen LogP) is 0.617. The fourth-order valence-electron chi connectivity index (χ4n) is 3.40. The quantitative estimate of drug-likeness (QED) is 0.629. The molecule has 0 radical (unpaired) electrons. The van der Waals surface area contributed by atoms with Crippen LogP contribution in [0, 0.1) is 0 Å². The van der Waals surface area contributed by atoms with E-state index >= 15 is 0 Å². The zero-order valence-corrected chi connectivity index (χ0v) is 14.1. The molecule has 2 aliphatic rings. The van der Waals surface area contributed by atoms with E-state index in [-0.39, 0.29) is 0 Å². The number of nitrogens with one attached hydrogen (secondary N) is 2. The molecule has 2 heterocycles. The Labute approximate surface area is 138 Å². The van der Waals surface area contributed by atoms with E-state index in [1.54, 1.807) is 4.90 Å². The molecule has 1 saturated heterocycles. The van der Waals surface area contributed by atoms with Crippen molar-refractivity contribution >= 4 is 23.0 Å². The second-order valence-electron chi connectivity index (χ2n) is 6.25. The van der Waals surface area contributed by atoms with Gasteiger partial charge in [-0.15, -0.1) is 0 Å². The number of nitrogens with zero attached hydrogens (tertiary/aromatic N) is 1. The summed E-state index contributed by atoms with van der Waals surface area (Å²) in [6.07, 6.45) is 2.23. The van der Waals surface area contributed by atoms with Crippen molar-refractivity contribution in [3.8, 4) is 0 Å². The van der Waals surface area contributed by atoms with Crippen molar-refractivity contribution in [3.63, 3.8) is 0 Å². The maximum atomic E-state index is 5.62. The number of benzene rings is 1. The number of thiocarbonyl (C=S) groups is 1. The molecule has 3 rings (SSSR count). The van der Waals surface area contributed by atoms with Crippen LogP contribution in [-0.4, -0.2) is 50.5 Å². The lowest BCUT2D eigenvalue weighted by Gasteiger charge is -2.27. The van der Waals surface area contributed by atoms with Crippen molar-refractivity contribution in [2.24, 2.45) is 0 Å². The summed E-state index contributed by atoms with van der Waals surface area (Å²) < 4.78 is 5.39. The second kappa shape index (κ2) is 7.40. The van der Waals surface area contributed by atoms with Crippen LogP contribution in [0.3, 0.4) is 0 Å². The molecule has 2 N–H and O–H groups in total. The van der Waals surface area contributed by atoms with Gasteiger partial charge in [0.05, 0.1) is 19.8 Å². The summed E-state index contributed by atoms with van der Waals surface area (Å²) in [6.45, 7) is 8.49. The van der Waals surface area contributed by atoms with Crippen LogP contribution in [0.15, 0.2) is 24.3 Å². The first-order valence-corrected chi connectivity index (χ1v) is 8.73. The van der Waals surface area contributed by atoms with Crippen molar-refractivity contribution in [1.29, 1.82) is 0 Å². The minimum Gasteiger partial charge on any atom is -0.370 e. The molecule has 0 aromatic heterocycles. The molecule has 22 heavy (non-hydrogen) atoms. The van der Waals surface area contributed by atoms with Crippen LogP contribution in [-0.2, 0) is 11.2 Å². The average molecular weight is 320 g/mol. The molecule has 1 fully saturated rings. The van der Waals surface area contributed by atoms with Crippen molar-refractivity contribution in [2.75, 3.05) is 44.3 Å². The molecule has 0 spiro atoms. The van der Waals surface area contributed by atoms with Gasteiger partial charge in [-0.3, -0.25) is 0 Å². The third-order valence-electron chi connectivity index (χ3n) is 4.61. The largest absolute Gasteiger partial charge is 0.370 e. The molecule has 1 atom stereocenters. The molecular formula is C17H26N3OS+. The van der Waals surface area contributed by atoms with E-state index in [2.05, 4.69) is 41.4 Å². The number of anilines is 1. The predicted molar refractivity (Wildman–Crippen MR) is 93.7 cm³/mol. The van der Waals surface area contributed by atoms with Crippen LogP contribution < -0.4 is 15.1 Å². The van der Waals surface area contributed by atoms with Gasteiger partial charge in [0.1, 0.15) is 13.1 Å². The molecule has 0 aliphatic carbocycles. The van der Waals surface area contributed by atoms with Crippen LogP contribution in [0.4, 0.5) is 5.69 Å². The summed E-state index contributed by atoms with van der Waals surface area (Å²) in [6, 6.07) is 9.02. The number of quaternary nitrogens is 1. The maximum Gasteiger partial charge on any atom is 0.173 e. The number of hydrogen-bond acceptors (Lipinski definition) is 2. The van der Waals surface area contributed by atoms with E-state index in [0.29, 0.717) is 6.04 Å². The Hall–Kier alpha value is -1.17. The SMILES string of the molecule is C[C@@H]1Cc2ccccc2N1C(=S)NCCC[NH+]1CCOCC1. The summed E-state index contributed by atoms with van der Waals surface area (Å²) in [5, 5.41) is 4.32. The second-order valence-corrected chi connectivity index (χ2v) is 6.64. The summed E-state index contributed by atoms with van der Waals surface area (Å²) in [5.41, 5.74) is 2.67. The highest BCUT2D eigenvalue weighted by molar-refractivity contribution is 7.80. The Morgan fingerprint density at radius 3 is 2.95 bits per heavy atom. The van der Waals surface area contributed by atoms with E-state index < -0.39 is 0 Å². The van der Waals surface area contributed by atoms with Crippen molar-refractivity contribution in [1.82, 2.24) is 5.32 Å². The van der Waals surface area contributed by atoms with Gasteiger partial charge < -0.3 is 19.9 Å². The number of ether oxygens (including phenoxy) is 1. The molecule has 4 nitrogen and oxygen atoms in total. The van der Waals surface area contributed by atoms with Crippen molar-refractivity contribution < 1.29 is 9.64 Å². The van der Waals surface area contributed by atoms with Crippen LogP contribution >= 0.6 is 12.2 Å². The van der Waals surface area contributed by atoms with E-state index in [0.717, 1.165) is 50.8 Å². The van der Waals surface area contributed by atoms with E-state index in [9.17, 15) is 0 Å². The highest BCUT2D eigenvalue weighted by Crippen LogP contribution is 2.31. The Balaban J connectivity index is 1.46. The number of hydrogen-bond donors (Lipinski definition) is 2. The number of fused-ring (bicyclic) bond motifs is 1. The summed E-state index contributed by atoms with van der Waals surface area (Å²) in [7, 11) is 0. The fraction of sp³-hybridized carbons (Fsp3) is 0.588. The lowest BCUT2D eigenvalue weighted by Crippen LogP contribution is -3.14. The molecule has 1 aromatic rings. The van der Waals surface area contributed by atoms with Gasteiger partial charge >= 0.3 is 0 Å². The lowest BCUT2D eigenvalue weighted by molar-refractivity contribution is -0.908. The zero-order chi connectivity index (χ0) is 15.4. The van der Waals surface area contributed by atoms with Gasteiger partial charge in [-0.05, 0) is 37.2 Å².